The van der Waals surface area contributed by atoms with Gasteiger partial charge >= 0.3 is 0 Å². The second-order valence-electron chi connectivity index (χ2n) is 12.0. The maximum Gasteiger partial charge on any atom is 0.263 e. The van der Waals surface area contributed by atoms with Gasteiger partial charge in [0.1, 0.15) is 0 Å². The molecule has 232 valence electrons. The van der Waals surface area contributed by atoms with Crippen LogP contribution >= 0.6 is 15.9 Å². The van der Waals surface area contributed by atoms with Crippen molar-refractivity contribution in [3.63, 3.8) is 0 Å². The molecule has 4 aromatic rings. The number of halogens is 1. The molecular weight excluding hydrogens is 632 g/mol. The number of nitrogens with zero attached hydrogens (tertiary/aromatic N) is 5. The van der Waals surface area contributed by atoms with Gasteiger partial charge < -0.3 is 20.0 Å². The number of rotatable bonds is 7. The van der Waals surface area contributed by atoms with Crippen LogP contribution in [0.15, 0.2) is 82.1 Å². The third kappa shape index (κ3) is 6.04. The molecule has 1 atom stereocenters. The number of hydrogen-bond acceptors (Lipinski definition) is 6. The van der Waals surface area contributed by atoms with E-state index in [1.54, 1.807) is 35.9 Å². The van der Waals surface area contributed by atoms with Crippen LogP contribution in [-0.2, 0) is 19.5 Å². The van der Waals surface area contributed by atoms with E-state index in [0.717, 1.165) is 28.7 Å². The summed E-state index contributed by atoms with van der Waals surface area (Å²) in [4.78, 5) is 52.1. The number of aromatic nitrogens is 2. The molecule has 3 heterocycles. The first kappa shape index (κ1) is 30.7. The van der Waals surface area contributed by atoms with Gasteiger partial charge in [-0.05, 0) is 80.9 Å². The molecule has 0 radical (unpaired) electrons. The molecule has 10 heteroatoms. The third-order valence-corrected chi connectivity index (χ3v) is 9.70. The maximum absolute atomic E-state index is 14.5. The molecule has 1 fully saturated rings. The summed E-state index contributed by atoms with van der Waals surface area (Å²) in [6.07, 6.45) is 0.393. The van der Waals surface area contributed by atoms with Gasteiger partial charge in [0.2, 0.25) is 5.95 Å². The molecular formula is C35H37BrN6O3. The molecule has 3 aromatic carbocycles. The monoisotopic (exact) mass is 668 g/mol. The van der Waals surface area contributed by atoms with Crippen molar-refractivity contribution >= 4 is 33.7 Å². The van der Waals surface area contributed by atoms with Crippen molar-refractivity contribution in [1.82, 2.24) is 24.7 Å². The van der Waals surface area contributed by atoms with E-state index in [9.17, 15) is 14.4 Å². The number of likely N-dealkylation sites (tertiary alicyclic amines) is 1. The van der Waals surface area contributed by atoms with Crippen LogP contribution in [0.4, 0.5) is 5.95 Å². The summed E-state index contributed by atoms with van der Waals surface area (Å²) >= 11 is 3.53. The molecule has 0 saturated carbocycles. The van der Waals surface area contributed by atoms with E-state index < -0.39 is 0 Å². The van der Waals surface area contributed by atoms with Crippen LogP contribution in [0, 0.1) is 6.92 Å². The van der Waals surface area contributed by atoms with E-state index in [4.69, 9.17) is 4.98 Å². The summed E-state index contributed by atoms with van der Waals surface area (Å²) in [6, 6.07) is 22.8. The summed E-state index contributed by atoms with van der Waals surface area (Å²) in [6.45, 7) is 6.42. The van der Waals surface area contributed by atoms with E-state index in [1.165, 1.54) is 0 Å². The lowest BCUT2D eigenvalue weighted by Gasteiger charge is -2.45. The van der Waals surface area contributed by atoms with E-state index in [1.807, 2.05) is 55.1 Å². The lowest BCUT2D eigenvalue weighted by atomic mass is 9.98. The number of aryl methyl sites for hydroxylation is 1. The number of fused-ring (bicyclic) bond motifs is 1. The molecule has 2 aliphatic heterocycles. The van der Waals surface area contributed by atoms with Gasteiger partial charge in [-0.1, -0.05) is 46.3 Å². The van der Waals surface area contributed by atoms with Gasteiger partial charge in [0.05, 0.1) is 24.0 Å². The van der Waals surface area contributed by atoms with Gasteiger partial charge in [0, 0.05) is 53.9 Å². The zero-order chi connectivity index (χ0) is 31.8. The Balaban J connectivity index is 1.48. The quantitative estimate of drug-likeness (QED) is 0.310. The van der Waals surface area contributed by atoms with Crippen LogP contribution in [0.3, 0.4) is 0 Å². The van der Waals surface area contributed by atoms with Gasteiger partial charge in [0.25, 0.3) is 17.4 Å². The lowest BCUT2D eigenvalue weighted by Crippen LogP contribution is -2.59. The van der Waals surface area contributed by atoms with Crippen molar-refractivity contribution in [2.24, 2.45) is 0 Å². The fourth-order valence-electron chi connectivity index (χ4n) is 6.20. The molecule has 2 amide bonds. The number of nitrogens with one attached hydrogen (secondary N) is 1. The highest BCUT2D eigenvalue weighted by Gasteiger charge is 2.36. The molecule has 9 nitrogen and oxygen atoms in total. The first-order valence-electron chi connectivity index (χ1n) is 15.2. The molecule has 2 aliphatic rings. The van der Waals surface area contributed by atoms with E-state index in [0.29, 0.717) is 47.0 Å². The smallest absolute Gasteiger partial charge is 0.263 e. The summed E-state index contributed by atoms with van der Waals surface area (Å²) in [5.74, 6) is 0.262. The predicted octanol–water partition coefficient (Wildman–Crippen LogP) is 4.57. The van der Waals surface area contributed by atoms with Crippen LogP contribution in [0.1, 0.15) is 50.0 Å². The molecule has 0 spiro atoms. The van der Waals surface area contributed by atoms with Crippen LogP contribution in [0.5, 0.6) is 0 Å². The van der Waals surface area contributed by atoms with Gasteiger partial charge in [-0.2, -0.15) is 0 Å². The Labute approximate surface area is 271 Å². The van der Waals surface area contributed by atoms with Crippen molar-refractivity contribution in [3.05, 3.63) is 121 Å². The number of amides is 2. The standard InChI is InChI=1S/C35H37BrN6O3/c1-22-16-26(12-15-30(22)36)33(44)40-21-31-29(17-23(40)2)34(45)42(27-13-10-25(11-14-27)32(43)37-3)35(38-31)41(28-19-39(4)20-28)18-24-8-6-5-7-9-24/h5-16,23,28H,17-21H2,1-4H3,(H,37,43). The summed E-state index contributed by atoms with van der Waals surface area (Å²) < 4.78 is 2.64. The lowest BCUT2D eigenvalue weighted by molar-refractivity contribution is 0.0652. The fraction of sp³-hybridized carbons (Fsp3) is 0.314. The highest BCUT2D eigenvalue weighted by atomic mass is 79.9. The zero-order valence-corrected chi connectivity index (χ0v) is 27.5. The van der Waals surface area contributed by atoms with Gasteiger partial charge in [0.15, 0.2) is 0 Å². The topological polar surface area (TPSA) is 90.8 Å². The SMILES string of the molecule is CNC(=O)c1ccc(-n2c(N(Cc3ccccc3)C3CN(C)C3)nc3c(c2=O)CC(C)N(C(=O)c2ccc(Br)c(C)c2)C3)cc1. The Bertz CT molecular complexity index is 1800. The number of likely N-dealkylation sites (N-methyl/N-ethyl adjacent to an activating group) is 1. The molecule has 0 bridgehead atoms. The normalized spacial score (nSPS) is 16.6. The average Bonchev–Trinajstić information content (AvgIpc) is 3.03. The molecule has 1 aromatic heterocycles. The second kappa shape index (κ2) is 12.6. The first-order chi connectivity index (χ1) is 21.6. The highest BCUT2D eigenvalue weighted by molar-refractivity contribution is 9.10. The van der Waals surface area contributed by atoms with E-state index >= 15 is 0 Å². The minimum Gasteiger partial charge on any atom is -0.355 e. The van der Waals surface area contributed by atoms with Gasteiger partial charge in [-0.15, -0.1) is 0 Å². The molecule has 1 N–H and O–H groups in total. The molecule has 1 saturated heterocycles. The number of carbonyl (C=O) groups excluding carboxylic acids is 2. The predicted molar refractivity (Wildman–Crippen MR) is 179 cm³/mol. The molecule has 1 unspecified atom stereocenters. The summed E-state index contributed by atoms with van der Waals surface area (Å²) in [5, 5.41) is 2.65. The fourth-order valence-corrected chi connectivity index (χ4v) is 6.45. The van der Waals surface area contributed by atoms with Crippen molar-refractivity contribution in [1.29, 1.82) is 0 Å². The van der Waals surface area contributed by atoms with E-state index in [2.05, 4.69) is 50.2 Å². The van der Waals surface area contributed by atoms with Crippen LogP contribution < -0.4 is 15.8 Å². The number of benzene rings is 3. The third-order valence-electron chi connectivity index (χ3n) is 8.82. The molecule has 45 heavy (non-hydrogen) atoms. The van der Waals surface area contributed by atoms with Crippen molar-refractivity contribution < 1.29 is 9.59 Å². The van der Waals surface area contributed by atoms with Crippen LogP contribution in [-0.4, -0.2) is 70.4 Å². The minimum atomic E-state index is -0.195. The van der Waals surface area contributed by atoms with Crippen LogP contribution in [0.2, 0.25) is 0 Å². The van der Waals surface area contributed by atoms with Crippen molar-refractivity contribution in [2.45, 2.75) is 45.4 Å². The number of hydrogen-bond donors (Lipinski definition) is 1. The Morgan fingerprint density at radius 2 is 1.71 bits per heavy atom. The Hall–Kier alpha value is -4.28. The number of anilines is 1. The van der Waals surface area contributed by atoms with Gasteiger partial charge in [-0.25, -0.2) is 9.55 Å². The molecule has 0 aliphatic carbocycles. The minimum absolute atomic E-state index is 0.0807. The first-order valence-corrected chi connectivity index (χ1v) is 16.0. The Kier molecular flexibility index (Phi) is 8.61. The Morgan fingerprint density at radius 3 is 2.36 bits per heavy atom. The van der Waals surface area contributed by atoms with Gasteiger partial charge in [-0.3, -0.25) is 14.4 Å². The second-order valence-corrected chi connectivity index (χ2v) is 12.9. The molecule has 6 rings (SSSR count). The van der Waals surface area contributed by atoms with Crippen molar-refractivity contribution in [2.75, 3.05) is 32.1 Å². The highest BCUT2D eigenvalue weighted by Crippen LogP contribution is 2.30. The maximum atomic E-state index is 14.5. The summed E-state index contributed by atoms with van der Waals surface area (Å²) in [7, 11) is 3.67. The average molecular weight is 670 g/mol. The zero-order valence-electron chi connectivity index (χ0n) is 26.0. The Morgan fingerprint density at radius 1 is 1.02 bits per heavy atom. The van der Waals surface area contributed by atoms with E-state index in [-0.39, 0.29) is 36.0 Å². The van der Waals surface area contributed by atoms with Crippen LogP contribution in [0.25, 0.3) is 5.69 Å². The largest absolute Gasteiger partial charge is 0.355 e. The summed E-state index contributed by atoms with van der Waals surface area (Å²) in [5.41, 5.74) is 4.94. The van der Waals surface area contributed by atoms with Crippen molar-refractivity contribution in [3.8, 4) is 5.69 Å². The number of carbonyl (C=O) groups is 2.